The predicted molar refractivity (Wildman–Crippen MR) is 101 cm³/mol. The molecule has 0 aliphatic rings. The number of thiophene rings is 1. The number of nitrogens with one attached hydrogen (secondary N) is 1. The number of aromatic nitrogens is 5. The van der Waals surface area contributed by atoms with Crippen molar-refractivity contribution in [2.45, 2.75) is 44.6 Å². The van der Waals surface area contributed by atoms with Crippen LogP contribution in [0, 0.1) is 13.8 Å². The first kappa shape index (κ1) is 18.5. The van der Waals surface area contributed by atoms with Crippen molar-refractivity contribution < 1.29 is 9.59 Å². The molecule has 0 aliphatic carbocycles. The van der Waals surface area contributed by atoms with Crippen molar-refractivity contribution in [3.63, 3.8) is 0 Å². The number of Topliss-reactive ketones (excluding diaryl/α,β-unsaturated/α-hetero) is 2. The monoisotopic (exact) mass is 389 g/mol. The van der Waals surface area contributed by atoms with Crippen LogP contribution in [0.5, 0.6) is 0 Å². The SMILES string of the molecule is CC(=O)c1c(C)[nH]c(C(=O)[C@H](C)Sc2nnnn2Cc2cccs2)c1C. The Morgan fingerprint density at radius 1 is 1.38 bits per heavy atom. The highest BCUT2D eigenvalue weighted by Gasteiger charge is 2.25. The smallest absolute Gasteiger partial charge is 0.210 e. The van der Waals surface area contributed by atoms with Crippen LogP contribution in [-0.4, -0.2) is 42.0 Å². The van der Waals surface area contributed by atoms with E-state index in [-0.39, 0.29) is 16.8 Å². The van der Waals surface area contributed by atoms with Crippen LogP contribution < -0.4 is 0 Å². The lowest BCUT2D eigenvalue weighted by Crippen LogP contribution is -2.16. The Bertz CT molecular complexity index is 943. The van der Waals surface area contributed by atoms with Gasteiger partial charge in [-0.1, -0.05) is 17.8 Å². The molecule has 26 heavy (non-hydrogen) atoms. The van der Waals surface area contributed by atoms with Crippen LogP contribution in [0.1, 0.15) is 50.8 Å². The van der Waals surface area contributed by atoms with Gasteiger partial charge in [0.05, 0.1) is 17.5 Å². The highest BCUT2D eigenvalue weighted by Crippen LogP contribution is 2.27. The zero-order valence-electron chi connectivity index (χ0n) is 14.9. The summed E-state index contributed by atoms with van der Waals surface area (Å²) >= 11 is 2.94. The average Bonchev–Trinajstić information content (AvgIpc) is 3.29. The number of hydrogen-bond acceptors (Lipinski definition) is 7. The Labute approximate surface area is 159 Å². The maximum atomic E-state index is 12.9. The van der Waals surface area contributed by atoms with E-state index in [0.29, 0.717) is 28.5 Å². The highest BCUT2D eigenvalue weighted by molar-refractivity contribution is 8.00. The van der Waals surface area contributed by atoms with E-state index in [1.54, 1.807) is 29.9 Å². The molecule has 9 heteroatoms. The number of carbonyl (C=O) groups is 2. The molecular weight excluding hydrogens is 370 g/mol. The number of thioether (sulfide) groups is 1. The van der Waals surface area contributed by atoms with Crippen molar-refractivity contribution in [3.8, 4) is 0 Å². The molecule has 0 aliphatic heterocycles. The quantitative estimate of drug-likeness (QED) is 0.492. The first-order valence-electron chi connectivity index (χ1n) is 8.08. The second-order valence-electron chi connectivity index (χ2n) is 6.00. The Kier molecular flexibility index (Phi) is 5.38. The van der Waals surface area contributed by atoms with E-state index in [0.717, 1.165) is 10.6 Å². The van der Waals surface area contributed by atoms with Crippen LogP contribution >= 0.6 is 23.1 Å². The number of nitrogens with zero attached hydrogens (tertiary/aromatic N) is 4. The van der Waals surface area contributed by atoms with Gasteiger partial charge in [-0.05, 0) is 55.1 Å². The van der Waals surface area contributed by atoms with Crippen molar-refractivity contribution in [2.24, 2.45) is 0 Å². The molecule has 3 aromatic rings. The van der Waals surface area contributed by atoms with E-state index in [4.69, 9.17) is 0 Å². The van der Waals surface area contributed by atoms with E-state index < -0.39 is 0 Å². The molecule has 0 spiro atoms. The summed E-state index contributed by atoms with van der Waals surface area (Å²) in [5, 5.41) is 14.0. The van der Waals surface area contributed by atoms with Gasteiger partial charge >= 0.3 is 0 Å². The fourth-order valence-corrected chi connectivity index (χ4v) is 4.40. The number of H-pyrrole nitrogens is 1. The summed E-state index contributed by atoms with van der Waals surface area (Å²) in [4.78, 5) is 28.9. The molecule has 3 heterocycles. The third kappa shape index (κ3) is 3.63. The van der Waals surface area contributed by atoms with E-state index in [2.05, 4.69) is 20.5 Å². The number of hydrogen-bond donors (Lipinski definition) is 1. The second kappa shape index (κ2) is 7.55. The Morgan fingerprint density at radius 2 is 2.15 bits per heavy atom. The van der Waals surface area contributed by atoms with E-state index in [1.165, 1.54) is 18.7 Å². The largest absolute Gasteiger partial charge is 0.355 e. The first-order valence-corrected chi connectivity index (χ1v) is 9.84. The van der Waals surface area contributed by atoms with Gasteiger partial charge in [0.2, 0.25) is 5.16 Å². The number of aromatic amines is 1. The lowest BCUT2D eigenvalue weighted by molar-refractivity contribution is 0.0988. The zero-order valence-corrected chi connectivity index (χ0v) is 16.6. The minimum absolute atomic E-state index is 0.0458. The summed E-state index contributed by atoms with van der Waals surface area (Å²) in [6, 6.07) is 4.00. The van der Waals surface area contributed by atoms with Gasteiger partial charge in [0.25, 0.3) is 0 Å². The van der Waals surface area contributed by atoms with Crippen molar-refractivity contribution in [3.05, 3.63) is 44.9 Å². The van der Waals surface area contributed by atoms with Crippen LogP contribution in [0.3, 0.4) is 0 Å². The van der Waals surface area contributed by atoms with Crippen LogP contribution in [0.2, 0.25) is 0 Å². The van der Waals surface area contributed by atoms with E-state index in [1.807, 2.05) is 24.4 Å². The topological polar surface area (TPSA) is 93.5 Å². The minimum Gasteiger partial charge on any atom is -0.355 e. The normalized spacial score (nSPS) is 12.3. The third-order valence-corrected chi connectivity index (χ3v) is 6.00. The standard InChI is InChI=1S/C17H19N5O2S2/c1-9-14(11(3)23)10(2)18-15(9)16(24)12(4)26-17-19-20-21-22(17)8-13-6-5-7-25-13/h5-7,12,18H,8H2,1-4H3/t12-/m0/s1. The molecule has 0 aromatic carbocycles. The molecule has 0 radical (unpaired) electrons. The van der Waals surface area contributed by atoms with Gasteiger partial charge in [-0.25, -0.2) is 4.68 Å². The number of carbonyl (C=O) groups excluding carboxylic acids is 2. The van der Waals surface area contributed by atoms with E-state index >= 15 is 0 Å². The molecule has 0 bridgehead atoms. The molecule has 0 saturated carbocycles. The van der Waals surface area contributed by atoms with Crippen molar-refractivity contribution in [1.82, 2.24) is 25.2 Å². The van der Waals surface area contributed by atoms with Crippen LogP contribution in [0.15, 0.2) is 22.7 Å². The summed E-state index contributed by atoms with van der Waals surface area (Å²) in [7, 11) is 0. The summed E-state index contributed by atoms with van der Waals surface area (Å²) in [5.74, 6) is -0.121. The predicted octanol–water partition coefficient (Wildman–Crippen LogP) is 3.29. The number of tetrazole rings is 1. The van der Waals surface area contributed by atoms with Gasteiger partial charge in [-0.2, -0.15) is 0 Å². The first-order chi connectivity index (χ1) is 12.4. The van der Waals surface area contributed by atoms with Crippen LogP contribution in [-0.2, 0) is 6.54 Å². The molecular formula is C17H19N5O2S2. The molecule has 0 saturated heterocycles. The zero-order chi connectivity index (χ0) is 18.8. The lowest BCUT2D eigenvalue weighted by atomic mass is 10.0. The molecule has 3 aromatic heterocycles. The fourth-order valence-electron chi connectivity index (χ4n) is 2.87. The van der Waals surface area contributed by atoms with Gasteiger partial charge in [-0.15, -0.1) is 16.4 Å². The van der Waals surface area contributed by atoms with Crippen LogP contribution in [0.4, 0.5) is 0 Å². The van der Waals surface area contributed by atoms with E-state index in [9.17, 15) is 9.59 Å². The maximum Gasteiger partial charge on any atom is 0.210 e. The molecule has 1 N–H and O–H groups in total. The van der Waals surface area contributed by atoms with Gasteiger partial charge in [0.15, 0.2) is 11.6 Å². The highest BCUT2D eigenvalue weighted by atomic mass is 32.2. The number of aryl methyl sites for hydroxylation is 1. The van der Waals surface area contributed by atoms with Crippen molar-refractivity contribution >= 4 is 34.7 Å². The molecule has 1 atom stereocenters. The van der Waals surface area contributed by atoms with Crippen molar-refractivity contribution in [1.29, 1.82) is 0 Å². The number of ketones is 2. The van der Waals surface area contributed by atoms with Gasteiger partial charge in [-0.3, -0.25) is 9.59 Å². The summed E-state index contributed by atoms with van der Waals surface area (Å²) in [6.07, 6.45) is 0. The number of rotatable bonds is 7. The maximum absolute atomic E-state index is 12.9. The lowest BCUT2D eigenvalue weighted by Gasteiger charge is -2.09. The molecule has 3 rings (SSSR count). The van der Waals surface area contributed by atoms with Gasteiger partial charge in [0, 0.05) is 16.1 Å². The summed E-state index contributed by atoms with van der Waals surface area (Å²) < 4.78 is 1.69. The fraction of sp³-hybridized carbons (Fsp3) is 0.353. The molecule has 7 nitrogen and oxygen atoms in total. The molecule has 136 valence electrons. The third-order valence-electron chi connectivity index (χ3n) is 4.07. The summed E-state index contributed by atoms with van der Waals surface area (Å²) in [6.45, 7) is 7.50. The Balaban J connectivity index is 1.78. The van der Waals surface area contributed by atoms with Gasteiger partial charge < -0.3 is 4.98 Å². The Morgan fingerprint density at radius 3 is 2.77 bits per heavy atom. The minimum atomic E-state index is -0.389. The molecule has 0 unspecified atom stereocenters. The van der Waals surface area contributed by atoms with Gasteiger partial charge in [0.1, 0.15) is 0 Å². The van der Waals surface area contributed by atoms with Crippen LogP contribution in [0.25, 0.3) is 0 Å². The second-order valence-corrected chi connectivity index (χ2v) is 8.34. The van der Waals surface area contributed by atoms with Crippen molar-refractivity contribution in [2.75, 3.05) is 0 Å². The Hall–Kier alpha value is -2.26. The molecule has 0 amide bonds. The summed E-state index contributed by atoms with van der Waals surface area (Å²) in [5.41, 5.74) is 2.49. The molecule has 0 fully saturated rings. The average molecular weight is 390 g/mol.